The predicted molar refractivity (Wildman–Crippen MR) is 176 cm³/mol. The van der Waals surface area contributed by atoms with Gasteiger partial charge in [-0.2, -0.15) is 0 Å². The Balaban J connectivity index is 1.27. The smallest absolute Gasteiger partial charge is 0.252 e. The van der Waals surface area contributed by atoms with E-state index in [0.717, 1.165) is 11.1 Å². The molecule has 0 heterocycles. The molecule has 0 aliphatic heterocycles. The van der Waals surface area contributed by atoms with Gasteiger partial charge in [0.1, 0.15) is 23.8 Å². The third-order valence-electron chi connectivity index (χ3n) is 9.13. The molecule has 0 saturated carbocycles. The molecule has 0 saturated heterocycles. The second-order valence-electron chi connectivity index (χ2n) is 12.6. The first-order valence-corrected chi connectivity index (χ1v) is 16.3. The predicted octanol–water partition coefficient (Wildman–Crippen LogP) is 2.71. The van der Waals surface area contributed by atoms with Crippen molar-refractivity contribution in [1.82, 2.24) is 10.6 Å². The van der Waals surface area contributed by atoms with Crippen molar-refractivity contribution in [2.24, 2.45) is 0 Å². The highest BCUT2D eigenvalue weighted by Gasteiger charge is 2.44. The summed E-state index contributed by atoms with van der Waals surface area (Å²) < 4.78 is 39.6. The van der Waals surface area contributed by atoms with Crippen molar-refractivity contribution < 1.29 is 48.3 Å². The molecule has 2 amide bonds. The fraction of sp³-hybridized carbons (Fsp3) is 0.316. The summed E-state index contributed by atoms with van der Waals surface area (Å²) in [5.74, 6) is -2.95. The number of benzene rings is 4. The lowest BCUT2D eigenvalue weighted by molar-refractivity contribution is -0.171. The number of aliphatic hydroxyl groups is 4. The lowest BCUT2D eigenvalue weighted by Crippen LogP contribution is -2.57. The van der Waals surface area contributed by atoms with E-state index < -0.39 is 72.2 Å². The molecule has 50 heavy (non-hydrogen) atoms. The van der Waals surface area contributed by atoms with Crippen LogP contribution < -0.4 is 10.6 Å². The zero-order valence-corrected chi connectivity index (χ0v) is 26.9. The number of carbonyl (C=O) groups excluding carboxylic acids is 2. The number of nitrogens with one attached hydrogen (secondary N) is 2. The lowest BCUT2D eigenvalue weighted by Gasteiger charge is -2.32. The molecular formula is C38H38F2N2O8. The highest BCUT2D eigenvalue weighted by atomic mass is 19.1. The van der Waals surface area contributed by atoms with Crippen molar-refractivity contribution in [3.63, 3.8) is 0 Å². The zero-order valence-electron chi connectivity index (χ0n) is 26.9. The molecule has 0 aromatic heterocycles. The van der Waals surface area contributed by atoms with Gasteiger partial charge < -0.3 is 40.5 Å². The minimum Gasteiger partial charge on any atom is -0.390 e. The Kier molecular flexibility index (Phi) is 11.0. The summed E-state index contributed by atoms with van der Waals surface area (Å²) in [6.45, 7) is -0.731. The van der Waals surface area contributed by atoms with Crippen LogP contribution in [0.5, 0.6) is 0 Å². The van der Waals surface area contributed by atoms with Gasteiger partial charge in [0.25, 0.3) is 11.8 Å². The van der Waals surface area contributed by atoms with Gasteiger partial charge in [-0.3, -0.25) is 9.59 Å². The first kappa shape index (κ1) is 35.3. The fourth-order valence-corrected chi connectivity index (χ4v) is 6.61. The Morgan fingerprint density at radius 3 is 1.44 bits per heavy atom. The summed E-state index contributed by atoms with van der Waals surface area (Å²) in [5.41, 5.74) is 3.61. The van der Waals surface area contributed by atoms with E-state index in [4.69, 9.17) is 9.47 Å². The van der Waals surface area contributed by atoms with Gasteiger partial charge >= 0.3 is 0 Å². The zero-order chi connectivity index (χ0) is 35.4. The molecule has 2 aliphatic carbocycles. The molecule has 6 rings (SSSR count). The van der Waals surface area contributed by atoms with Crippen LogP contribution in [0.25, 0.3) is 0 Å². The summed E-state index contributed by atoms with van der Waals surface area (Å²) in [5, 5.41) is 50.2. The standard InChI is InChI=1S/C38H38F2N2O8/c39-25-11-5-7-21(15-25)19-49-35(37(47)41-31-27-13-3-1-9-23(27)17-29(31)43)33(45)34(46)36(50-20-22-8-6-12-26(40)16-22)38(48)42-32-28-14-4-2-10-24(28)18-30(32)44/h1-16,29-36,43-46H,17-20H2,(H,41,47)(H,42,48)/t29-,30-,31?,32?,33-,34-,35-,36-/m1/s1. The molecule has 6 N–H and O–H groups in total. The van der Waals surface area contributed by atoms with Gasteiger partial charge in [0.05, 0.1) is 37.5 Å². The van der Waals surface area contributed by atoms with Crippen LogP contribution in [-0.2, 0) is 45.1 Å². The van der Waals surface area contributed by atoms with Crippen LogP contribution in [0.3, 0.4) is 0 Å². The SMILES string of the molecule is O=C(NC1c2ccccc2C[C@H]1O)[C@H](OCc1cccc(F)c1)[C@H](O)[C@@H](O)[C@@H](OCc1cccc(F)c1)C(=O)NC1c2ccccc2C[C@H]1O. The molecule has 0 spiro atoms. The van der Waals surface area contributed by atoms with Gasteiger partial charge in [-0.05, 0) is 57.6 Å². The summed E-state index contributed by atoms with van der Waals surface area (Å²) in [6, 6.07) is 23.3. The van der Waals surface area contributed by atoms with E-state index in [2.05, 4.69) is 10.6 Å². The lowest BCUT2D eigenvalue weighted by atomic mass is 9.99. The van der Waals surface area contributed by atoms with Crippen molar-refractivity contribution in [3.05, 3.63) is 142 Å². The van der Waals surface area contributed by atoms with Crippen molar-refractivity contribution in [1.29, 1.82) is 0 Å². The van der Waals surface area contributed by atoms with Crippen LogP contribution in [0.4, 0.5) is 8.78 Å². The molecule has 262 valence electrons. The van der Waals surface area contributed by atoms with Crippen LogP contribution in [0, 0.1) is 11.6 Å². The summed E-state index contributed by atoms with van der Waals surface area (Å²) >= 11 is 0. The van der Waals surface area contributed by atoms with E-state index in [1.54, 1.807) is 48.5 Å². The first-order valence-electron chi connectivity index (χ1n) is 16.3. The Bertz CT molecular complexity index is 1690. The molecule has 0 bridgehead atoms. The maximum atomic E-state index is 14.0. The van der Waals surface area contributed by atoms with Gasteiger partial charge in [0, 0.05) is 12.8 Å². The molecule has 4 aromatic rings. The molecule has 4 aromatic carbocycles. The maximum Gasteiger partial charge on any atom is 0.252 e. The number of ether oxygens (including phenoxy) is 2. The quantitative estimate of drug-likeness (QED) is 0.125. The third-order valence-corrected chi connectivity index (χ3v) is 9.13. The highest BCUT2D eigenvalue weighted by Crippen LogP contribution is 2.33. The number of amides is 2. The van der Waals surface area contributed by atoms with E-state index in [1.165, 1.54) is 36.4 Å². The van der Waals surface area contributed by atoms with Crippen molar-refractivity contribution in [2.45, 2.75) is 74.8 Å². The van der Waals surface area contributed by atoms with Crippen LogP contribution >= 0.6 is 0 Å². The minimum absolute atomic E-state index is 0.271. The molecule has 0 radical (unpaired) electrons. The van der Waals surface area contributed by atoms with Gasteiger partial charge in [0.2, 0.25) is 0 Å². The fourth-order valence-electron chi connectivity index (χ4n) is 6.61. The summed E-state index contributed by atoms with van der Waals surface area (Å²) in [4.78, 5) is 27.7. The number of aliphatic hydroxyl groups excluding tert-OH is 4. The number of rotatable bonds is 13. The van der Waals surface area contributed by atoms with Crippen LogP contribution in [0.2, 0.25) is 0 Å². The number of hydrogen-bond donors (Lipinski definition) is 6. The Hall–Kier alpha value is -4.56. The van der Waals surface area contributed by atoms with Crippen LogP contribution in [-0.4, -0.2) is 68.9 Å². The topological polar surface area (TPSA) is 158 Å². The maximum absolute atomic E-state index is 14.0. The first-order chi connectivity index (χ1) is 24.1. The second kappa shape index (κ2) is 15.5. The highest BCUT2D eigenvalue weighted by molar-refractivity contribution is 5.84. The third kappa shape index (κ3) is 7.91. The van der Waals surface area contributed by atoms with Crippen LogP contribution in [0.15, 0.2) is 97.1 Å². The van der Waals surface area contributed by atoms with E-state index in [0.29, 0.717) is 22.3 Å². The second-order valence-corrected chi connectivity index (χ2v) is 12.6. The Morgan fingerprint density at radius 1 is 0.640 bits per heavy atom. The van der Waals surface area contributed by atoms with Crippen molar-refractivity contribution in [3.8, 4) is 0 Å². The summed E-state index contributed by atoms with van der Waals surface area (Å²) in [7, 11) is 0. The number of hydrogen-bond acceptors (Lipinski definition) is 8. The molecule has 0 fully saturated rings. The average Bonchev–Trinajstić information content (AvgIpc) is 3.59. The Morgan fingerprint density at radius 2 is 1.04 bits per heavy atom. The molecule has 10 nitrogen and oxygen atoms in total. The molecule has 2 unspecified atom stereocenters. The molecule has 2 aliphatic rings. The summed E-state index contributed by atoms with van der Waals surface area (Å²) in [6.07, 6.45) is -9.35. The largest absolute Gasteiger partial charge is 0.390 e. The number of halogens is 2. The molecule has 8 atom stereocenters. The molecular weight excluding hydrogens is 650 g/mol. The van der Waals surface area contributed by atoms with Crippen LogP contribution in [0.1, 0.15) is 45.5 Å². The van der Waals surface area contributed by atoms with E-state index in [1.807, 2.05) is 12.1 Å². The van der Waals surface area contributed by atoms with Crippen molar-refractivity contribution in [2.75, 3.05) is 0 Å². The van der Waals surface area contributed by atoms with Crippen molar-refractivity contribution >= 4 is 11.8 Å². The monoisotopic (exact) mass is 688 g/mol. The van der Waals surface area contributed by atoms with Gasteiger partial charge in [-0.25, -0.2) is 8.78 Å². The van der Waals surface area contributed by atoms with E-state index in [-0.39, 0.29) is 26.1 Å². The number of carbonyl (C=O) groups is 2. The minimum atomic E-state index is -2.11. The van der Waals surface area contributed by atoms with Gasteiger partial charge in [-0.1, -0.05) is 72.8 Å². The Labute approximate surface area is 287 Å². The van der Waals surface area contributed by atoms with Gasteiger partial charge in [0.15, 0.2) is 12.2 Å². The number of fused-ring (bicyclic) bond motifs is 2. The average molecular weight is 689 g/mol. The van der Waals surface area contributed by atoms with Gasteiger partial charge in [-0.15, -0.1) is 0 Å². The van der Waals surface area contributed by atoms with E-state index in [9.17, 15) is 38.8 Å². The normalized spacial score (nSPS) is 21.8. The molecule has 12 heteroatoms. The van der Waals surface area contributed by atoms with E-state index >= 15 is 0 Å².